The number of ether oxygens (including phenoxy) is 1. The zero-order chi connectivity index (χ0) is 13.1. The standard InChI is InChI=1S/C14H20N4O.H2/c1-11-13(18-5-3-2-4-14(18)17-11)8-16-10-19-9-12-6-15-7-12;/h2-5,12,15-16H,6-10H2,1H3;1H. The van der Waals surface area contributed by atoms with Gasteiger partial charge in [0.2, 0.25) is 0 Å². The molecule has 1 aliphatic heterocycles. The summed E-state index contributed by atoms with van der Waals surface area (Å²) in [6, 6.07) is 6.06. The van der Waals surface area contributed by atoms with Crippen LogP contribution in [0.5, 0.6) is 0 Å². The smallest absolute Gasteiger partial charge is 0.137 e. The molecule has 1 fully saturated rings. The van der Waals surface area contributed by atoms with E-state index in [0.717, 1.165) is 37.6 Å². The molecule has 0 aliphatic carbocycles. The van der Waals surface area contributed by atoms with E-state index in [1.54, 1.807) is 0 Å². The van der Waals surface area contributed by atoms with Gasteiger partial charge in [-0.25, -0.2) is 4.98 Å². The Morgan fingerprint density at radius 1 is 1.53 bits per heavy atom. The molecule has 0 radical (unpaired) electrons. The molecule has 3 rings (SSSR count). The summed E-state index contributed by atoms with van der Waals surface area (Å²) < 4.78 is 7.73. The van der Waals surface area contributed by atoms with Gasteiger partial charge in [0.15, 0.2) is 0 Å². The van der Waals surface area contributed by atoms with Crippen LogP contribution < -0.4 is 10.6 Å². The van der Waals surface area contributed by atoms with Crippen molar-refractivity contribution in [2.24, 2.45) is 5.92 Å². The minimum absolute atomic E-state index is 0. The Balaban J connectivity index is 0.00000147. The molecular formula is C14H22N4O. The van der Waals surface area contributed by atoms with Gasteiger partial charge in [0.05, 0.1) is 24.7 Å². The lowest BCUT2D eigenvalue weighted by molar-refractivity contribution is 0.0668. The summed E-state index contributed by atoms with van der Waals surface area (Å²) in [6.07, 6.45) is 2.05. The zero-order valence-corrected chi connectivity index (χ0v) is 11.2. The molecule has 5 nitrogen and oxygen atoms in total. The van der Waals surface area contributed by atoms with Crippen LogP contribution in [0.1, 0.15) is 12.8 Å². The molecule has 2 N–H and O–H groups in total. The van der Waals surface area contributed by atoms with Gasteiger partial charge in [-0.2, -0.15) is 0 Å². The minimum Gasteiger partial charge on any atom is -0.366 e. The zero-order valence-electron chi connectivity index (χ0n) is 11.2. The minimum atomic E-state index is 0. The van der Waals surface area contributed by atoms with Crippen molar-refractivity contribution in [3.63, 3.8) is 0 Å². The Bertz CT molecular complexity index is 553. The second-order valence-electron chi connectivity index (χ2n) is 5.04. The second-order valence-corrected chi connectivity index (χ2v) is 5.04. The van der Waals surface area contributed by atoms with Crippen molar-refractivity contribution in [2.75, 3.05) is 26.4 Å². The second kappa shape index (κ2) is 5.69. The van der Waals surface area contributed by atoms with Crippen LogP contribution in [0.4, 0.5) is 0 Å². The fourth-order valence-electron chi connectivity index (χ4n) is 2.31. The van der Waals surface area contributed by atoms with Gasteiger partial charge in [0, 0.05) is 33.2 Å². The monoisotopic (exact) mass is 262 g/mol. The molecule has 1 saturated heterocycles. The summed E-state index contributed by atoms with van der Waals surface area (Å²) in [5, 5.41) is 6.56. The Labute approximate surface area is 114 Å². The lowest BCUT2D eigenvalue weighted by atomic mass is 10.1. The third-order valence-electron chi connectivity index (χ3n) is 3.55. The first-order valence-corrected chi connectivity index (χ1v) is 6.76. The van der Waals surface area contributed by atoms with Crippen molar-refractivity contribution in [3.8, 4) is 0 Å². The number of aromatic nitrogens is 2. The summed E-state index contributed by atoms with van der Waals surface area (Å²) >= 11 is 0. The molecule has 104 valence electrons. The van der Waals surface area contributed by atoms with Gasteiger partial charge in [-0.3, -0.25) is 5.32 Å². The maximum Gasteiger partial charge on any atom is 0.137 e. The molecule has 0 atom stereocenters. The number of hydrogen-bond donors (Lipinski definition) is 2. The van der Waals surface area contributed by atoms with Crippen LogP contribution in [0.3, 0.4) is 0 Å². The maximum atomic E-state index is 5.61. The number of nitrogens with zero attached hydrogens (tertiary/aromatic N) is 2. The fraction of sp³-hybridized carbons (Fsp3) is 0.500. The van der Waals surface area contributed by atoms with Gasteiger partial charge in [-0.15, -0.1) is 0 Å². The predicted octanol–water partition coefficient (Wildman–Crippen LogP) is 1.17. The quantitative estimate of drug-likeness (QED) is 0.606. The number of hydrogen-bond acceptors (Lipinski definition) is 4. The van der Waals surface area contributed by atoms with Crippen LogP contribution in [0.15, 0.2) is 24.4 Å². The molecule has 0 saturated carbocycles. The van der Waals surface area contributed by atoms with Gasteiger partial charge in [0.1, 0.15) is 5.65 Å². The lowest BCUT2D eigenvalue weighted by Gasteiger charge is -2.26. The SMILES string of the molecule is Cc1nc2ccccn2c1CNCOCC1CNC1.[HH]. The molecule has 0 spiro atoms. The van der Waals surface area contributed by atoms with Crippen molar-refractivity contribution >= 4 is 5.65 Å². The first-order chi connectivity index (χ1) is 9.34. The van der Waals surface area contributed by atoms with E-state index in [9.17, 15) is 0 Å². The van der Waals surface area contributed by atoms with E-state index < -0.39 is 0 Å². The van der Waals surface area contributed by atoms with Gasteiger partial charge in [-0.1, -0.05) is 6.07 Å². The van der Waals surface area contributed by atoms with Crippen molar-refractivity contribution in [3.05, 3.63) is 35.8 Å². The topological polar surface area (TPSA) is 50.6 Å². The predicted molar refractivity (Wildman–Crippen MR) is 76.1 cm³/mol. The van der Waals surface area contributed by atoms with Crippen molar-refractivity contribution in [1.29, 1.82) is 0 Å². The third kappa shape index (κ3) is 2.78. The third-order valence-corrected chi connectivity index (χ3v) is 3.55. The molecule has 0 bridgehead atoms. The Morgan fingerprint density at radius 2 is 2.42 bits per heavy atom. The summed E-state index contributed by atoms with van der Waals surface area (Å²) in [7, 11) is 0. The van der Waals surface area contributed by atoms with E-state index in [0.29, 0.717) is 12.6 Å². The van der Waals surface area contributed by atoms with E-state index >= 15 is 0 Å². The molecule has 0 unspecified atom stereocenters. The molecule has 19 heavy (non-hydrogen) atoms. The summed E-state index contributed by atoms with van der Waals surface area (Å²) in [6.45, 7) is 6.44. The maximum absolute atomic E-state index is 5.61. The molecule has 0 amide bonds. The lowest BCUT2D eigenvalue weighted by Crippen LogP contribution is -2.44. The summed E-state index contributed by atoms with van der Waals surface area (Å²) in [5.41, 5.74) is 3.27. The average Bonchev–Trinajstić information content (AvgIpc) is 2.67. The van der Waals surface area contributed by atoms with Crippen molar-refractivity contribution in [1.82, 2.24) is 20.0 Å². The van der Waals surface area contributed by atoms with Gasteiger partial charge < -0.3 is 14.5 Å². The molecule has 2 aromatic heterocycles. The van der Waals surface area contributed by atoms with Crippen LogP contribution in [0.2, 0.25) is 0 Å². The average molecular weight is 262 g/mol. The van der Waals surface area contributed by atoms with Crippen LogP contribution in [0.25, 0.3) is 5.65 Å². The van der Waals surface area contributed by atoms with Crippen molar-refractivity contribution in [2.45, 2.75) is 13.5 Å². The Kier molecular flexibility index (Phi) is 3.77. The van der Waals surface area contributed by atoms with Crippen LogP contribution in [0, 0.1) is 12.8 Å². The normalized spacial score (nSPS) is 15.8. The van der Waals surface area contributed by atoms with E-state index in [2.05, 4.69) is 20.0 Å². The number of fused-ring (bicyclic) bond motifs is 1. The summed E-state index contributed by atoms with van der Waals surface area (Å²) in [5.74, 6) is 0.694. The first-order valence-electron chi connectivity index (χ1n) is 6.76. The van der Waals surface area contributed by atoms with Crippen LogP contribution >= 0.6 is 0 Å². The van der Waals surface area contributed by atoms with Gasteiger partial charge >= 0.3 is 0 Å². The molecule has 1 aliphatic rings. The van der Waals surface area contributed by atoms with Gasteiger partial charge in [0.25, 0.3) is 0 Å². The highest BCUT2D eigenvalue weighted by molar-refractivity contribution is 5.42. The first kappa shape index (κ1) is 12.6. The van der Waals surface area contributed by atoms with Crippen molar-refractivity contribution < 1.29 is 6.16 Å². The molecular weight excluding hydrogens is 240 g/mol. The van der Waals surface area contributed by atoms with E-state index in [-0.39, 0.29) is 1.43 Å². The number of imidazole rings is 1. The molecule has 5 heteroatoms. The number of aryl methyl sites for hydroxylation is 1. The molecule has 2 aromatic rings. The van der Waals surface area contributed by atoms with E-state index in [1.807, 2.05) is 31.3 Å². The molecule has 0 aromatic carbocycles. The highest BCUT2D eigenvalue weighted by Gasteiger charge is 2.16. The summed E-state index contributed by atoms with van der Waals surface area (Å²) in [4.78, 5) is 4.54. The highest BCUT2D eigenvalue weighted by atomic mass is 16.5. The van der Waals surface area contributed by atoms with Crippen LogP contribution in [-0.2, 0) is 11.3 Å². The Morgan fingerprint density at radius 3 is 3.21 bits per heavy atom. The van der Waals surface area contributed by atoms with E-state index in [1.165, 1.54) is 5.69 Å². The highest BCUT2D eigenvalue weighted by Crippen LogP contribution is 2.11. The fourth-order valence-corrected chi connectivity index (χ4v) is 2.31. The van der Waals surface area contributed by atoms with Crippen LogP contribution in [-0.4, -0.2) is 35.8 Å². The van der Waals surface area contributed by atoms with E-state index in [4.69, 9.17) is 4.74 Å². The number of pyridine rings is 1. The van der Waals surface area contributed by atoms with Gasteiger partial charge in [-0.05, 0) is 19.1 Å². The number of nitrogens with one attached hydrogen (secondary N) is 2. The largest absolute Gasteiger partial charge is 0.366 e. The molecule has 3 heterocycles. The Hall–Kier alpha value is -1.43. The number of rotatable bonds is 6.